The van der Waals surface area contributed by atoms with Crippen LogP contribution in [0.25, 0.3) is 0 Å². The van der Waals surface area contributed by atoms with E-state index in [2.05, 4.69) is 18.8 Å². The van der Waals surface area contributed by atoms with Crippen LogP contribution in [0, 0.1) is 5.92 Å². The standard InChI is InChI=1S/C12H18N2O2/c1-9(2)4-3-7-16-12(15)10-5-6-14-11(13)8-10/h5-6,8-9H,3-4,7H2,1-2H3,(H2,13,14). The van der Waals surface area contributed by atoms with Crippen LogP contribution >= 0.6 is 0 Å². The molecule has 0 unspecified atom stereocenters. The van der Waals surface area contributed by atoms with Crippen molar-refractivity contribution in [3.8, 4) is 0 Å². The summed E-state index contributed by atoms with van der Waals surface area (Å²) < 4.78 is 5.11. The summed E-state index contributed by atoms with van der Waals surface area (Å²) in [6.07, 6.45) is 3.45. The number of esters is 1. The van der Waals surface area contributed by atoms with Crippen molar-refractivity contribution in [1.29, 1.82) is 0 Å². The van der Waals surface area contributed by atoms with Gasteiger partial charge in [0.15, 0.2) is 0 Å². The van der Waals surface area contributed by atoms with Crippen LogP contribution in [0.5, 0.6) is 0 Å². The lowest BCUT2D eigenvalue weighted by Crippen LogP contribution is -2.08. The van der Waals surface area contributed by atoms with E-state index < -0.39 is 0 Å². The Labute approximate surface area is 95.8 Å². The van der Waals surface area contributed by atoms with E-state index in [9.17, 15) is 4.79 Å². The first-order chi connectivity index (χ1) is 7.59. The molecule has 0 spiro atoms. The molecular weight excluding hydrogens is 204 g/mol. The topological polar surface area (TPSA) is 65.2 Å². The molecule has 2 N–H and O–H groups in total. The van der Waals surface area contributed by atoms with E-state index in [4.69, 9.17) is 10.5 Å². The first-order valence-electron chi connectivity index (χ1n) is 5.48. The van der Waals surface area contributed by atoms with E-state index in [-0.39, 0.29) is 5.97 Å². The fraction of sp³-hybridized carbons (Fsp3) is 0.500. The third kappa shape index (κ3) is 4.29. The number of nitrogens with zero attached hydrogens (tertiary/aromatic N) is 1. The Morgan fingerprint density at radius 3 is 2.94 bits per heavy atom. The summed E-state index contributed by atoms with van der Waals surface area (Å²) in [6.45, 7) is 4.75. The number of aromatic nitrogens is 1. The molecule has 0 fully saturated rings. The van der Waals surface area contributed by atoms with Gasteiger partial charge >= 0.3 is 5.97 Å². The highest BCUT2D eigenvalue weighted by molar-refractivity contribution is 5.89. The molecule has 0 saturated heterocycles. The minimum atomic E-state index is -0.335. The average Bonchev–Trinajstić information content (AvgIpc) is 2.24. The molecule has 1 rings (SSSR count). The van der Waals surface area contributed by atoms with Crippen molar-refractivity contribution in [2.75, 3.05) is 12.3 Å². The number of rotatable bonds is 5. The Hall–Kier alpha value is -1.58. The largest absolute Gasteiger partial charge is 0.462 e. The van der Waals surface area contributed by atoms with Crippen LogP contribution in [-0.4, -0.2) is 17.6 Å². The molecule has 0 bridgehead atoms. The number of nitrogen functional groups attached to an aromatic ring is 1. The molecule has 0 atom stereocenters. The Balaban J connectivity index is 2.35. The van der Waals surface area contributed by atoms with Gasteiger partial charge in [0.1, 0.15) is 5.82 Å². The Morgan fingerprint density at radius 1 is 1.56 bits per heavy atom. The number of hydrogen-bond acceptors (Lipinski definition) is 4. The molecule has 1 aromatic rings. The lowest BCUT2D eigenvalue weighted by molar-refractivity contribution is 0.0494. The minimum absolute atomic E-state index is 0.330. The maximum atomic E-state index is 11.5. The maximum Gasteiger partial charge on any atom is 0.338 e. The summed E-state index contributed by atoms with van der Waals surface area (Å²) in [5.74, 6) is 0.629. The van der Waals surface area contributed by atoms with Gasteiger partial charge in [0.25, 0.3) is 0 Å². The minimum Gasteiger partial charge on any atom is -0.462 e. The molecule has 0 aromatic carbocycles. The average molecular weight is 222 g/mol. The fourth-order valence-electron chi connectivity index (χ4n) is 1.32. The summed E-state index contributed by atoms with van der Waals surface area (Å²) in [5.41, 5.74) is 5.93. The third-order valence-electron chi connectivity index (χ3n) is 2.18. The number of pyridine rings is 1. The van der Waals surface area contributed by atoms with Gasteiger partial charge in [-0.1, -0.05) is 13.8 Å². The van der Waals surface area contributed by atoms with Crippen LogP contribution in [0.2, 0.25) is 0 Å². The SMILES string of the molecule is CC(C)CCCOC(=O)c1ccnc(N)c1. The Bertz CT molecular complexity index is 351. The Kier molecular flexibility index (Phi) is 4.76. The predicted molar refractivity (Wildman–Crippen MR) is 63.0 cm³/mol. The van der Waals surface area contributed by atoms with Crippen molar-refractivity contribution in [2.45, 2.75) is 26.7 Å². The van der Waals surface area contributed by atoms with Crippen molar-refractivity contribution >= 4 is 11.8 Å². The van der Waals surface area contributed by atoms with Gasteiger partial charge in [0, 0.05) is 6.20 Å². The molecule has 0 amide bonds. The third-order valence-corrected chi connectivity index (χ3v) is 2.18. The highest BCUT2D eigenvalue weighted by Gasteiger charge is 2.07. The van der Waals surface area contributed by atoms with Gasteiger partial charge in [-0.25, -0.2) is 9.78 Å². The normalized spacial score (nSPS) is 10.4. The molecule has 0 aliphatic carbocycles. The molecule has 1 aromatic heterocycles. The fourth-order valence-corrected chi connectivity index (χ4v) is 1.32. The highest BCUT2D eigenvalue weighted by Crippen LogP contribution is 2.07. The summed E-state index contributed by atoms with van der Waals surface area (Å²) in [5, 5.41) is 0. The Morgan fingerprint density at radius 2 is 2.31 bits per heavy atom. The van der Waals surface area contributed by atoms with E-state index in [0.29, 0.717) is 23.9 Å². The van der Waals surface area contributed by atoms with E-state index in [1.807, 2.05) is 0 Å². The van der Waals surface area contributed by atoms with E-state index in [0.717, 1.165) is 12.8 Å². The summed E-state index contributed by atoms with van der Waals surface area (Å²) in [7, 11) is 0. The van der Waals surface area contributed by atoms with Crippen LogP contribution in [0.15, 0.2) is 18.3 Å². The number of nitrogens with two attached hydrogens (primary N) is 1. The molecule has 4 nitrogen and oxygen atoms in total. The number of carbonyl (C=O) groups is 1. The molecule has 16 heavy (non-hydrogen) atoms. The molecular formula is C12H18N2O2. The second-order valence-corrected chi connectivity index (χ2v) is 4.14. The number of carbonyl (C=O) groups excluding carboxylic acids is 1. The van der Waals surface area contributed by atoms with Gasteiger partial charge < -0.3 is 10.5 Å². The highest BCUT2D eigenvalue weighted by atomic mass is 16.5. The van der Waals surface area contributed by atoms with Gasteiger partial charge in [-0.05, 0) is 30.9 Å². The van der Waals surface area contributed by atoms with Crippen LogP contribution in [0.4, 0.5) is 5.82 Å². The van der Waals surface area contributed by atoms with Gasteiger partial charge in [0.05, 0.1) is 12.2 Å². The quantitative estimate of drug-likeness (QED) is 0.613. The second kappa shape index (κ2) is 6.10. The number of hydrogen-bond donors (Lipinski definition) is 1. The molecule has 88 valence electrons. The van der Waals surface area contributed by atoms with Crippen molar-refractivity contribution in [1.82, 2.24) is 4.98 Å². The summed E-state index contributed by atoms with van der Waals surface area (Å²) in [6, 6.07) is 3.12. The first kappa shape index (κ1) is 12.5. The van der Waals surface area contributed by atoms with E-state index in [1.54, 1.807) is 6.07 Å². The molecule has 0 saturated carbocycles. The van der Waals surface area contributed by atoms with Crippen molar-refractivity contribution in [3.63, 3.8) is 0 Å². The molecule has 0 aliphatic rings. The van der Waals surface area contributed by atoms with Crippen LogP contribution in [0.3, 0.4) is 0 Å². The molecule has 4 heteroatoms. The summed E-state index contributed by atoms with van der Waals surface area (Å²) in [4.78, 5) is 15.3. The lowest BCUT2D eigenvalue weighted by atomic mass is 10.1. The summed E-state index contributed by atoms with van der Waals surface area (Å²) >= 11 is 0. The van der Waals surface area contributed by atoms with Gasteiger partial charge in [-0.2, -0.15) is 0 Å². The predicted octanol–water partition coefficient (Wildman–Crippen LogP) is 2.26. The van der Waals surface area contributed by atoms with Gasteiger partial charge in [0.2, 0.25) is 0 Å². The van der Waals surface area contributed by atoms with Gasteiger partial charge in [-0.15, -0.1) is 0 Å². The zero-order valence-electron chi connectivity index (χ0n) is 9.77. The first-order valence-corrected chi connectivity index (χ1v) is 5.48. The maximum absolute atomic E-state index is 11.5. The molecule has 0 aliphatic heterocycles. The smallest absolute Gasteiger partial charge is 0.338 e. The zero-order valence-corrected chi connectivity index (χ0v) is 9.77. The van der Waals surface area contributed by atoms with E-state index in [1.165, 1.54) is 12.3 Å². The van der Waals surface area contributed by atoms with Crippen LogP contribution in [-0.2, 0) is 4.74 Å². The van der Waals surface area contributed by atoms with Crippen molar-refractivity contribution < 1.29 is 9.53 Å². The van der Waals surface area contributed by atoms with Crippen LogP contribution in [0.1, 0.15) is 37.0 Å². The number of ether oxygens (including phenoxy) is 1. The van der Waals surface area contributed by atoms with Crippen molar-refractivity contribution in [2.24, 2.45) is 5.92 Å². The van der Waals surface area contributed by atoms with Crippen molar-refractivity contribution in [3.05, 3.63) is 23.9 Å². The van der Waals surface area contributed by atoms with Crippen LogP contribution < -0.4 is 5.73 Å². The zero-order chi connectivity index (χ0) is 12.0. The monoisotopic (exact) mass is 222 g/mol. The lowest BCUT2D eigenvalue weighted by Gasteiger charge is -2.06. The second-order valence-electron chi connectivity index (χ2n) is 4.14. The molecule has 1 heterocycles. The van der Waals surface area contributed by atoms with Gasteiger partial charge in [-0.3, -0.25) is 0 Å². The number of anilines is 1. The van der Waals surface area contributed by atoms with E-state index >= 15 is 0 Å². The molecule has 0 radical (unpaired) electrons.